The lowest BCUT2D eigenvalue weighted by atomic mass is 10.0. The molecule has 1 N–H and O–H groups in total. The summed E-state index contributed by atoms with van der Waals surface area (Å²) in [5.74, 6) is -0.882. The lowest BCUT2D eigenvalue weighted by Crippen LogP contribution is -2.33. The summed E-state index contributed by atoms with van der Waals surface area (Å²) in [7, 11) is 0. The van der Waals surface area contributed by atoms with E-state index in [-0.39, 0.29) is 34.9 Å². The summed E-state index contributed by atoms with van der Waals surface area (Å²) in [5.41, 5.74) is 3.67. The van der Waals surface area contributed by atoms with Crippen molar-refractivity contribution in [2.75, 3.05) is 13.2 Å². The topological polar surface area (TPSA) is 102 Å². The van der Waals surface area contributed by atoms with Crippen LogP contribution in [0.4, 0.5) is 0 Å². The summed E-state index contributed by atoms with van der Waals surface area (Å²) < 4.78 is 10.1. The molecule has 2 fully saturated rings. The van der Waals surface area contributed by atoms with E-state index in [1.54, 1.807) is 6.92 Å². The third-order valence-corrected chi connectivity index (χ3v) is 5.60. The summed E-state index contributed by atoms with van der Waals surface area (Å²) in [6, 6.07) is 0. The maximum atomic E-state index is 11.8. The van der Waals surface area contributed by atoms with Crippen LogP contribution in [0.3, 0.4) is 0 Å². The molecule has 3 unspecified atom stereocenters. The van der Waals surface area contributed by atoms with E-state index in [4.69, 9.17) is 21.1 Å². The van der Waals surface area contributed by atoms with E-state index in [0.717, 1.165) is 37.8 Å². The van der Waals surface area contributed by atoms with Gasteiger partial charge in [-0.15, -0.1) is 0 Å². The molecule has 2 saturated carbocycles. The number of nitrogens with one attached hydrogen (secondary N) is 1. The van der Waals surface area contributed by atoms with Crippen molar-refractivity contribution in [1.82, 2.24) is 5.43 Å². The van der Waals surface area contributed by atoms with Crippen molar-refractivity contribution in [3.63, 3.8) is 0 Å². The number of rotatable bonds is 6. The zero-order valence-corrected chi connectivity index (χ0v) is 22.4. The number of nitrogens with zero attached hydrogens (tertiary/aromatic N) is 3. The fraction of sp³-hybridized carbons (Fsp3) is 0.875. The number of carbonyl (C=O) groups excluding carboxylic acids is 2. The molecule has 9 heteroatoms. The first kappa shape index (κ1) is 29.3. The number of halogens is 1. The van der Waals surface area contributed by atoms with Crippen LogP contribution >= 0.6 is 11.6 Å². The van der Waals surface area contributed by atoms with Crippen LogP contribution in [-0.4, -0.2) is 46.9 Å². The molecule has 3 atom stereocenters. The lowest BCUT2D eigenvalue weighted by Gasteiger charge is -2.23. The van der Waals surface area contributed by atoms with Gasteiger partial charge in [0.25, 0.3) is 0 Å². The molecule has 0 amide bonds. The number of hydrogen-bond donors (Lipinski definition) is 1. The Morgan fingerprint density at radius 3 is 2.18 bits per heavy atom. The van der Waals surface area contributed by atoms with E-state index in [1.165, 1.54) is 0 Å². The molecule has 0 aromatic rings. The number of carbonyl (C=O) groups is 2. The highest BCUT2D eigenvalue weighted by atomic mass is 35.5. The van der Waals surface area contributed by atoms with Gasteiger partial charge in [-0.2, -0.15) is 15.3 Å². The molecular weight excluding hydrogens is 444 g/mol. The van der Waals surface area contributed by atoms with Crippen molar-refractivity contribution < 1.29 is 19.1 Å². The maximum absolute atomic E-state index is 11.8. The second kappa shape index (κ2) is 12.7. The number of hydrogen-bond acceptors (Lipinski definition) is 8. The Morgan fingerprint density at radius 1 is 1.03 bits per heavy atom. The van der Waals surface area contributed by atoms with Gasteiger partial charge in [0.05, 0.1) is 36.3 Å². The predicted molar refractivity (Wildman–Crippen MR) is 131 cm³/mol. The molecule has 0 radical (unpaired) electrons. The second-order valence-corrected chi connectivity index (χ2v) is 11.2. The van der Waals surface area contributed by atoms with Crippen molar-refractivity contribution in [2.24, 2.45) is 27.2 Å². The largest absolute Gasteiger partial charge is 0.466 e. The van der Waals surface area contributed by atoms with Crippen LogP contribution in [-0.2, 0) is 19.1 Å². The Balaban J connectivity index is 0.000000331. The first-order valence-corrected chi connectivity index (χ1v) is 12.4. The third-order valence-electron chi connectivity index (χ3n) is 5.08. The van der Waals surface area contributed by atoms with E-state index in [0.29, 0.717) is 19.6 Å². The van der Waals surface area contributed by atoms with Crippen molar-refractivity contribution >= 4 is 29.3 Å². The van der Waals surface area contributed by atoms with Gasteiger partial charge in [0.2, 0.25) is 0 Å². The Morgan fingerprint density at radius 2 is 1.64 bits per heavy atom. The standard InChI is InChI=1S/C12H21ClN2O2.C12H22N2O2/c1-5-17-10(16)9-7-6-8-12(9,13)15-14-11(2,3)4;1-5-16-11(15)9-7-6-8-10(9)13-14-12(2,3)4/h9H,5-8H2,1-4H3;9,14H,5-8H2,1-4H3. The normalized spacial score (nSPS) is 26.8. The highest BCUT2D eigenvalue weighted by molar-refractivity contribution is 6.25. The summed E-state index contributed by atoms with van der Waals surface area (Å²) in [6.07, 6.45) is 5.07. The van der Waals surface area contributed by atoms with Gasteiger partial charge in [-0.25, -0.2) is 0 Å². The summed E-state index contributed by atoms with van der Waals surface area (Å²) in [5, 5.41) is 12.7. The average Bonchev–Trinajstić information content (AvgIpc) is 3.32. The molecule has 0 aliphatic heterocycles. The van der Waals surface area contributed by atoms with E-state index in [1.807, 2.05) is 48.5 Å². The molecule has 33 heavy (non-hydrogen) atoms. The Kier molecular flexibility index (Phi) is 11.3. The molecule has 0 aromatic heterocycles. The van der Waals surface area contributed by atoms with Crippen molar-refractivity contribution in [3.05, 3.63) is 0 Å². The first-order valence-electron chi connectivity index (χ1n) is 12.0. The SMILES string of the molecule is CCOC(=O)C1CCCC1(Cl)N=NC(C)(C)C.CCOC(=O)C1CCCC1=NNC(C)(C)C. The molecule has 8 nitrogen and oxygen atoms in total. The molecule has 190 valence electrons. The Bertz CT molecular complexity index is 712. The van der Waals surface area contributed by atoms with E-state index in [2.05, 4.69) is 20.8 Å². The van der Waals surface area contributed by atoms with E-state index < -0.39 is 5.00 Å². The number of alkyl halides is 1. The van der Waals surface area contributed by atoms with Crippen LogP contribution in [0, 0.1) is 11.8 Å². The minimum absolute atomic E-state index is 0.0607. The minimum Gasteiger partial charge on any atom is -0.466 e. The summed E-state index contributed by atoms with van der Waals surface area (Å²) in [6.45, 7) is 16.4. The number of ether oxygens (including phenoxy) is 2. The number of hydrazone groups is 1. The summed E-state index contributed by atoms with van der Waals surface area (Å²) in [4.78, 5) is 22.5. The van der Waals surface area contributed by atoms with Crippen LogP contribution in [0.15, 0.2) is 15.3 Å². The van der Waals surface area contributed by atoms with Crippen molar-refractivity contribution in [2.45, 2.75) is 110 Å². The van der Waals surface area contributed by atoms with Crippen LogP contribution in [0.1, 0.15) is 93.9 Å². The van der Waals surface area contributed by atoms with Crippen molar-refractivity contribution in [3.8, 4) is 0 Å². The van der Waals surface area contributed by atoms with Gasteiger partial charge in [-0.3, -0.25) is 9.59 Å². The fourth-order valence-corrected chi connectivity index (χ4v) is 3.91. The quantitative estimate of drug-likeness (QED) is 0.172. The first-order chi connectivity index (χ1) is 15.2. The van der Waals surface area contributed by atoms with E-state index in [9.17, 15) is 9.59 Å². The smallest absolute Gasteiger partial charge is 0.314 e. The molecule has 0 aromatic carbocycles. The highest BCUT2D eigenvalue weighted by Gasteiger charge is 2.47. The minimum atomic E-state index is -0.903. The zero-order valence-electron chi connectivity index (χ0n) is 21.7. The lowest BCUT2D eigenvalue weighted by molar-refractivity contribution is -0.149. The molecule has 2 aliphatic rings. The number of azo groups is 1. The molecule has 2 aliphatic carbocycles. The van der Waals surface area contributed by atoms with Gasteiger partial charge in [-0.05, 0) is 93.9 Å². The monoisotopic (exact) mass is 486 g/mol. The van der Waals surface area contributed by atoms with Gasteiger partial charge in [-0.1, -0.05) is 11.6 Å². The van der Waals surface area contributed by atoms with Crippen LogP contribution in [0.5, 0.6) is 0 Å². The Labute approximate surface area is 204 Å². The molecule has 2 rings (SSSR count). The van der Waals surface area contributed by atoms with Crippen LogP contribution in [0.2, 0.25) is 0 Å². The molecule has 0 spiro atoms. The molecular formula is C24H43ClN4O4. The molecule has 0 heterocycles. The van der Waals surface area contributed by atoms with Crippen molar-refractivity contribution in [1.29, 1.82) is 0 Å². The van der Waals surface area contributed by atoms with Gasteiger partial charge in [0.1, 0.15) is 0 Å². The van der Waals surface area contributed by atoms with E-state index >= 15 is 0 Å². The van der Waals surface area contributed by atoms with Gasteiger partial charge >= 0.3 is 11.9 Å². The molecule has 0 saturated heterocycles. The second-order valence-electron chi connectivity index (χ2n) is 10.5. The maximum Gasteiger partial charge on any atom is 0.314 e. The van der Waals surface area contributed by atoms with Gasteiger partial charge < -0.3 is 14.9 Å². The van der Waals surface area contributed by atoms with Crippen LogP contribution < -0.4 is 5.43 Å². The summed E-state index contributed by atoms with van der Waals surface area (Å²) >= 11 is 6.41. The predicted octanol–water partition coefficient (Wildman–Crippen LogP) is 5.63. The molecule has 0 bridgehead atoms. The fourth-order valence-electron chi connectivity index (χ4n) is 3.54. The van der Waals surface area contributed by atoms with Gasteiger partial charge in [0, 0.05) is 5.54 Å². The third kappa shape index (κ3) is 10.4. The highest BCUT2D eigenvalue weighted by Crippen LogP contribution is 2.43. The van der Waals surface area contributed by atoms with Crippen LogP contribution in [0.25, 0.3) is 0 Å². The average molecular weight is 487 g/mol. The zero-order chi connectivity index (χ0) is 25.3. The van der Waals surface area contributed by atoms with Gasteiger partial charge in [0.15, 0.2) is 5.00 Å². The number of esters is 2. The Hall–Kier alpha value is -1.70.